The summed E-state index contributed by atoms with van der Waals surface area (Å²) >= 11 is 1.77. The molecular formula is C17H19N3S. The Morgan fingerprint density at radius 3 is 2.76 bits per heavy atom. The molecule has 1 N–H and O–H groups in total. The molecule has 0 aliphatic rings. The normalized spacial score (nSPS) is 12.7. The third-order valence-electron chi connectivity index (χ3n) is 3.60. The smallest absolute Gasteiger partial charge is 0.0900 e. The molecule has 0 saturated carbocycles. The van der Waals surface area contributed by atoms with Gasteiger partial charge in [0.25, 0.3) is 0 Å². The number of benzene rings is 1. The van der Waals surface area contributed by atoms with E-state index in [0.717, 1.165) is 22.8 Å². The highest BCUT2D eigenvalue weighted by Crippen LogP contribution is 2.33. The van der Waals surface area contributed by atoms with E-state index in [1.54, 1.807) is 11.3 Å². The Bertz CT molecular complexity index is 758. The average molecular weight is 297 g/mol. The lowest BCUT2D eigenvalue weighted by molar-refractivity contribution is 0.639. The predicted octanol–water partition coefficient (Wildman–Crippen LogP) is 4.01. The molecular weight excluding hydrogens is 278 g/mol. The summed E-state index contributed by atoms with van der Waals surface area (Å²) in [5.74, 6) is 0. The van der Waals surface area contributed by atoms with E-state index < -0.39 is 0 Å². The van der Waals surface area contributed by atoms with Gasteiger partial charge in [0.1, 0.15) is 0 Å². The van der Waals surface area contributed by atoms with Crippen molar-refractivity contribution in [1.82, 2.24) is 15.3 Å². The van der Waals surface area contributed by atoms with Crippen molar-refractivity contribution in [2.75, 3.05) is 6.54 Å². The van der Waals surface area contributed by atoms with Gasteiger partial charge in [-0.05, 0) is 38.1 Å². The van der Waals surface area contributed by atoms with Crippen molar-refractivity contribution in [3.8, 4) is 0 Å². The Balaban J connectivity index is 2.18. The van der Waals surface area contributed by atoms with E-state index in [1.807, 2.05) is 12.3 Å². The first-order valence-electron chi connectivity index (χ1n) is 7.21. The number of pyridine rings is 1. The van der Waals surface area contributed by atoms with Crippen molar-refractivity contribution in [1.29, 1.82) is 0 Å². The molecule has 2 heterocycles. The van der Waals surface area contributed by atoms with Crippen LogP contribution in [0.2, 0.25) is 0 Å². The maximum atomic E-state index is 4.58. The molecule has 108 valence electrons. The lowest BCUT2D eigenvalue weighted by Gasteiger charge is -2.19. The van der Waals surface area contributed by atoms with E-state index in [2.05, 4.69) is 60.3 Å². The molecule has 0 bridgehead atoms. The fraction of sp³-hybridized carbons (Fsp3) is 0.294. The molecule has 21 heavy (non-hydrogen) atoms. The summed E-state index contributed by atoms with van der Waals surface area (Å²) in [6.07, 6.45) is 1.84. The van der Waals surface area contributed by atoms with Crippen LogP contribution < -0.4 is 5.32 Å². The van der Waals surface area contributed by atoms with Gasteiger partial charge in [0.05, 0.1) is 22.3 Å². The van der Waals surface area contributed by atoms with Gasteiger partial charge in [0, 0.05) is 16.5 Å². The van der Waals surface area contributed by atoms with Crippen LogP contribution in [0.25, 0.3) is 10.9 Å². The molecule has 0 spiro atoms. The number of hydrogen-bond acceptors (Lipinski definition) is 4. The van der Waals surface area contributed by atoms with Crippen LogP contribution in [0.1, 0.15) is 34.1 Å². The number of hydrogen-bond donors (Lipinski definition) is 1. The minimum absolute atomic E-state index is 0.175. The highest BCUT2D eigenvalue weighted by Gasteiger charge is 2.20. The fourth-order valence-corrected chi connectivity index (χ4v) is 3.76. The van der Waals surface area contributed by atoms with Gasteiger partial charge in [-0.1, -0.05) is 25.1 Å². The van der Waals surface area contributed by atoms with Crippen LogP contribution in [0.3, 0.4) is 0 Å². The van der Waals surface area contributed by atoms with E-state index in [-0.39, 0.29) is 6.04 Å². The Kier molecular flexibility index (Phi) is 3.99. The van der Waals surface area contributed by atoms with Crippen LogP contribution in [0.5, 0.6) is 0 Å². The number of nitrogens with one attached hydrogen (secondary N) is 1. The van der Waals surface area contributed by atoms with Crippen molar-refractivity contribution in [3.63, 3.8) is 0 Å². The minimum atomic E-state index is 0.175. The Morgan fingerprint density at radius 2 is 2.05 bits per heavy atom. The number of fused-ring (bicyclic) bond motifs is 1. The third-order valence-corrected chi connectivity index (χ3v) is 4.74. The molecule has 2 aromatic heterocycles. The summed E-state index contributed by atoms with van der Waals surface area (Å²) < 4.78 is 0. The standard InChI is InChI=1S/C17H19N3S/c1-4-18-16(17-11(2)20-12(3)21-17)14-7-5-9-15-13(14)8-6-10-19-15/h5-10,16,18H,4H2,1-3H3. The zero-order valence-electron chi connectivity index (χ0n) is 12.6. The second-order valence-corrected chi connectivity index (χ2v) is 6.33. The van der Waals surface area contributed by atoms with E-state index in [1.165, 1.54) is 15.8 Å². The highest BCUT2D eigenvalue weighted by atomic mass is 32.1. The van der Waals surface area contributed by atoms with E-state index in [4.69, 9.17) is 0 Å². The van der Waals surface area contributed by atoms with Crippen LogP contribution in [-0.4, -0.2) is 16.5 Å². The van der Waals surface area contributed by atoms with Crippen molar-refractivity contribution < 1.29 is 0 Å². The Morgan fingerprint density at radius 1 is 1.19 bits per heavy atom. The summed E-state index contributed by atoms with van der Waals surface area (Å²) in [6.45, 7) is 7.21. The largest absolute Gasteiger partial charge is 0.306 e. The van der Waals surface area contributed by atoms with Crippen LogP contribution in [0, 0.1) is 13.8 Å². The van der Waals surface area contributed by atoms with Gasteiger partial charge in [-0.2, -0.15) is 0 Å². The first-order valence-corrected chi connectivity index (χ1v) is 8.03. The van der Waals surface area contributed by atoms with Crippen LogP contribution in [0.15, 0.2) is 36.5 Å². The monoisotopic (exact) mass is 297 g/mol. The second kappa shape index (κ2) is 5.92. The first kappa shape index (κ1) is 14.2. The lowest BCUT2D eigenvalue weighted by atomic mass is 9.99. The van der Waals surface area contributed by atoms with Crippen molar-refractivity contribution >= 4 is 22.2 Å². The molecule has 0 radical (unpaired) electrons. The molecule has 0 aliphatic heterocycles. The summed E-state index contributed by atoms with van der Waals surface area (Å²) in [6, 6.07) is 10.6. The van der Waals surface area contributed by atoms with Crippen LogP contribution >= 0.6 is 11.3 Å². The van der Waals surface area contributed by atoms with Crippen molar-refractivity contribution in [2.24, 2.45) is 0 Å². The number of nitrogens with zero attached hydrogens (tertiary/aromatic N) is 2. The summed E-state index contributed by atoms with van der Waals surface area (Å²) in [5, 5.41) is 5.92. The molecule has 0 fully saturated rings. The van der Waals surface area contributed by atoms with E-state index in [0.29, 0.717) is 0 Å². The van der Waals surface area contributed by atoms with Gasteiger partial charge in [0.2, 0.25) is 0 Å². The third kappa shape index (κ3) is 2.69. The maximum absolute atomic E-state index is 4.58. The number of rotatable bonds is 4. The van der Waals surface area contributed by atoms with Crippen LogP contribution in [0.4, 0.5) is 0 Å². The molecule has 1 unspecified atom stereocenters. The number of thiazole rings is 1. The zero-order valence-corrected chi connectivity index (χ0v) is 13.4. The fourth-order valence-electron chi connectivity index (χ4n) is 2.74. The van der Waals surface area contributed by atoms with Crippen LogP contribution in [-0.2, 0) is 0 Å². The highest BCUT2D eigenvalue weighted by molar-refractivity contribution is 7.11. The van der Waals surface area contributed by atoms with Gasteiger partial charge < -0.3 is 5.32 Å². The Labute approximate surface area is 129 Å². The molecule has 3 aromatic rings. The first-order chi connectivity index (χ1) is 10.2. The molecule has 4 heteroatoms. The van der Waals surface area contributed by atoms with Gasteiger partial charge in [-0.3, -0.25) is 4.98 Å². The molecule has 3 nitrogen and oxygen atoms in total. The van der Waals surface area contributed by atoms with Gasteiger partial charge >= 0.3 is 0 Å². The predicted molar refractivity (Wildman–Crippen MR) is 88.9 cm³/mol. The maximum Gasteiger partial charge on any atom is 0.0900 e. The van der Waals surface area contributed by atoms with Gasteiger partial charge in [0.15, 0.2) is 0 Å². The lowest BCUT2D eigenvalue weighted by Crippen LogP contribution is -2.22. The van der Waals surface area contributed by atoms with E-state index >= 15 is 0 Å². The molecule has 0 amide bonds. The molecule has 0 saturated heterocycles. The molecule has 3 rings (SSSR count). The minimum Gasteiger partial charge on any atom is -0.306 e. The zero-order chi connectivity index (χ0) is 14.8. The Hall–Kier alpha value is -1.78. The second-order valence-electron chi connectivity index (χ2n) is 5.09. The van der Waals surface area contributed by atoms with Crippen molar-refractivity contribution in [2.45, 2.75) is 26.8 Å². The van der Waals surface area contributed by atoms with E-state index in [9.17, 15) is 0 Å². The average Bonchev–Trinajstić information content (AvgIpc) is 2.83. The summed E-state index contributed by atoms with van der Waals surface area (Å²) in [7, 11) is 0. The van der Waals surface area contributed by atoms with Gasteiger partial charge in [-0.15, -0.1) is 11.3 Å². The topological polar surface area (TPSA) is 37.8 Å². The number of aromatic nitrogens is 2. The summed E-state index contributed by atoms with van der Waals surface area (Å²) in [4.78, 5) is 10.3. The quantitative estimate of drug-likeness (QED) is 0.790. The summed E-state index contributed by atoms with van der Waals surface area (Å²) in [5.41, 5.74) is 3.43. The molecule has 1 atom stereocenters. The van der Waals surface area contributed by atoms with Gasteiger partial charge in [-0.25, -0.2) is 4.98 Å². The van der Waals surface area contributed by atoms with Crippen molar-refractivity contribution in [3.05, 3.63) is 57.7 Å². The molecule has 1 aromatic carbocycles. The SMILES string of the molecule is CCNC(c1sc(C)nc1C)c1cccc2ncccc12. The molecule has 0 aliphatic carbocycles. The number of aryl methyl sites for hydroxylation is 2.